The fraction of sp³-hybridized carbons (Fsp3) is 0.294. The standard InChI is InChI=1S/C17H20NO/c1-17(2,3)15-9-11-18(12-10-15)13-16(19)14-7-5-4-6-8-14/h4-12H,13H2,1-3H3/q+1. The van der Waals surface area contributed by atoms with Gasteiger partial charge in [0.2, 0.25) is 12.3 Å². The van der Waals surface area contributed by atoms with Crippen LogP contribution in [0.2, 0.25) is 0 Å². The van der Waals surface area contributed by atoms with E-state index in [-0.39, 0.29) is 11.2 Å². The topological polar surface area (TPSA) is 20.9 Å². The van der Waals surface area contributed by atoms with Crippen LogP contribution in [0, 0.1) is 0 Å². The van der Waals surface area contributed by atoms with Crippen molar-refractivity contribution >= 4 is 5.78 Å². The lowest BCUT2D eigenvalue weighted by Gasteiger charge is -2.17. The molecular formula is C17H20NO+. The van der Waals surface area contributed by atoms with Crippen molar-refractivity contribution in [1.29, 1.82) is 0 Å². The Morgan fingerprint density at radius 3 is 2.11 bits per heavy atom. The number of rotatable bonds is 3. The molecule has 1 aromatic heterocycles. The van der Waals surface area contributed by atoms with E-state index < -0.39 is 0 Å². The smallest absolute Gasteiger partial charge is 0.227 e. The van der Waals surface area contributed by atoms with Gasteiger partial charge in [-0.3, -0.25) is 4.79 Å². The normalized spacial score (nSPS) is 11.3. The van der Waals surface area contributed by atoms with Crippen molar-refractivity contribution in [3.63, 3.8) is 0 Å². The molecule has 0 aliphatic carbocycles. The lowest BCUT2D eigenvalue weighted by Crippen LogP contribution is -2.37. The van der Waals surface area contributed by atoms with Crippen LogP contribution >= 0.6 is 0 Å². The first-order valence-corrected chi connectivity index (χ1v) is 6.55. The summed E-state index contributed by atoms with van der Waals surface area (Å²) < 4.78 is 1.92. The Labute approximate surface area is 114 Å². The molecule has 0 aliphatic heterocycles. The van der Waals surface area contributed by atoms with Gasteiger partial charge < -0.3 is 0 Å². The van der Waals surface area contributed by atoms with Crippen LogP contribution in [0.4, 0.5) is 0 Å². The van der Waals surface area contributed by atoms with Crippen molar-refractivity contribution in [3.05, 3.63) is 66.0 Å². The number of hydrogen-bond acceptors (Lipinski definition) is 1. The molecule has 0 amide bonds. The molecule has 98 valence electrons. The molecule has 2 nitrogen and oxygen atoms in total. The third-order valence-corrected chi connectivity index (χ3v) is 3.18. The number of hydrogen-bond donors (Lipinski definition) is 0. The van der Waals surface area contributed by atoms with Gasteiger partial charge >= 0.3 is 0 Å². The van der Waals surface area contributed by atoms with E-state index in [9.17, 15) is 4.79 Å². The second kappa shape index (κ2) is 5.35. The fourth-order valence-electron chi connectivity index (χ4n) is 1.94. The third-order valence-electron chi connectivity index (χ3n) is 3.18. The van der Waals surface area contributed by atoms with Gasteiger partial charge in [0.1, 0.15) is 0 Å². The average Bonchev–Trinajstić information content (AvgIpc) is 2.39. The molecule has 19 heavy (non-hydrogen) atoms. The summed E-state index contributed by atoms with van der Waals surface area (Å²) >= 11 is 0. The number of carbonyl (C=O) groups is 1. The molecule has 1 aromatic carbocycles. The van der Waals surface area contributed by atoms with E-state index in [0.29, 0.717) is 6.54 Å². The third kappa shape index (κ3) is 3.50. The summed E-state index contributed by atoms with van der Waals surface area (Å²) in [4.78, 5) is 12.1. The van der Waals surface area contributed by atoms with Crippen LogP contribution in [0.15, 0.2) is 54.9 Å². The number of benzene rings is 1. The maximum Gasteiger partial charge on any atom is 0.227 e. The summed E-state index contributed by atoms with van der Waals surface area (Å²) in [7, 11) is 0. The van der Waals surface area contributed by atoms with Gasteiger partial charge in [0.15, 0.2) is 12.4 Å². The predicted molar refractivity (Wildman–Crippen MR) is 76.1 cm³/mol. The van der Waals surface area contributed by atoms with Crippen LogP contribution in [-0.4, -0.2) is 5.78 Å². The Morgan fingerprint density at radius 2 is 1.58 bits per heavy atom. The molecule has 0 saturated heterocycles. The Kier molecular flexibility index (Phi) is 3.79. The first-order valence-electron chi connectivity index (χ1n) is 6.55. The molecule has 0 bridgehead atoms. The maximum atomic E-state index is 12.1. The highest BCUT2D eigenvalue weighted by atomic mass is 16.1. The van der Waals surface area contributed by atoms with Crippen LogP contribution in [-0.2, 0) is 12.0 Å². The van der Waals surface area contributed by atoms with Crippen LogP contribution in [0.1, 0.15) is 36.7 Å². The molecule has 0 fully saturated rings. The summed E-state index contributed by atoms with van der Waals surface area (Å²) in [6, 6.07) is 13.6. The molecule has 0 unspecified atom stereocenters. The van der Waals surface area contributed by atoms with Gasteiger partial charge in [0, 0.05) is 17.7 Å². The van der Waals surface area contributed by atoms with E-state index in [1.807, 2.05) is 47.3 Å². The molecule has 0 aliphatic rings. The Bertz CT molecular complexity index is 550. The van der Waals surface area contributed by atoms with E-state index in [2.05, 4.69) is 32.9 Å². The maximum absolute atomic E-state index is 12.1. The lowest BCUT2D eigenvalue weighted by atomic mass is 9.88. The quantitative estimate of drug-likeness (QED) is 0.609. The zero-order valence-corrected chi connectivity index (χ0v) is 11.8. The van der Waals surface area contributed by atoms with Gasteiger partial charge in [-0.05, 0) is 11.0 Å². The van der Waals surface area contributed by atoms with Crippen LogP contribution < -0.4 is 4.57 Å². The molecular weight excluding hydrogens is 234 g/mol. The van der Waals surface area contributed by atoms with E-state index in [1.54, 1.807) is 0 Å². The highest BCUT2D eigenvalue weighted by molar-refractivity contribution is 5.94. The van der Waals surface area contributed by atoms with Crippen molar-refractivity contribution in [2.45, 2.75) is 32.7 Å². The van der Waals surface area contributed by atoms with Crippen molar-refractivity contribution in [1.82, 2.24) is 0 Å². The van der Waals surface area contributed by atoms with Gasteiger partial charge in [0.25, 0.3) is 0 Å². The van der Waals surface area contributed by atoms with Crippen molar-refractivity contribution in [2.75, 3.05) is 0 Å². The second-order valence-corrected chi connectivity index (χ2v) is 5.80. The highest BCUT2D eigenvalue weighted by Gasteiger charge is 2.16. The first-order chi connectivity index (χ1) is 8.97. The van der Waals surface area contributed by atoms with E-state index in [1.165, 1.54) is 5.56 Å². The summed E-state index contributed by atoms with van der Waals surface area (Å²) in [6.07, 6.45) is 3.95. The summed E-state index contributed by atoms with van der Waals surface area (Å²) in [5.41, 5.74) is 2.17. The van der Waals surface area contributed by atoms with Gasteiger partial charge in [-0.15, -0.1) is 0 Å². The van der Waals surface area contributed by atoms with Gasteiger partial charge in [-0.25, -0.2) is 0 Å². The zero-order chi connectivity index (χ0) is 13.9. The minimum absolute atomic E-state index is 0.133. The van der Waals surface area contributed by atoms with Gasteiger partial charge in [0.05, 0.1) is 0 Å². The average molecular weight is 254 g/mol. The van der Waals surface area contributed by atoms with E-state index in [4.69, 9.17) is 0 Å². The van der Waals surface area contributed by atoms with E-state index >= 15 is 0 Å². The molecule has 0 saturated carbocycles. The summed E-state index contributed by atoms with van der Waals surface area (Å²) in [6.45, 7) is 6.93. The molecule has 0 atom stereocenters. The largest absolute Gasteiger partial charge is 0.287 e. The first kappa shape index (κ1) is 13.5. The Balaban J connectivity index is 2.10. The highest BCUT2D eigenvalue weighted by Crippen LogP contribution is 2.20. The monoisotopic (exact) mass is 254 g/mol. The van der Waals surface area contributed by atoms with Crippen molar-refractivity contribution in [2.24, 2.45) is 0 Å². The molecule has 0 spiro atoms. The van der Waals surface area contributed by atoms with Gasteiger partial charge in [-0.2, -0.15) is 4.57 Å². The SMILES string of the molecule is CC(C)(C)c1cc[n+](CC(=O)c2ccccc2)cc1. The van der Waals surface area contributed by atoms with E-state index in [0.717, 1.165) is 5.56 Å². The number of aromatic nitrogens is 1. The van der Waals surface area contributed by atoms with Crippen LogP contribution in [0.3, 0.4) is 0 Å². The van der Waals surface area contributed by atoms with Crippen LogP contribution in [0.25, 0.3) is 0 Å². The van der Waals surface area contributed by atoms with Crippen molar-refractivity contribution < 1.29 is 9.36 Å². The minimum Gasteiger partial charge on any atom is -0.287 e. The van der Waals surface area contributed by atoms with Gasteiger partial charge in [-0.1, -0.05) is 51.1 Å². The Morgan fingerprint density at radius 1 is 1.00 bits per heavy atom. The number of pyridine rings is 1. The molecule has 2 heteroatoms. The minimum atomic E-state index is 0.133. The predicted octanol–water partition coefficient (Wildman–Crippen LogP) is 3.15. The molecule has 0 N–H and O–H groups in total. The Hall–Kier alpha value is -1.96. The molecule has 1 heterocycles. The number of carbonyl (C=O) groups excluding carboxylic acids is 1. The number of nitrogens with zero attached hydrogens (tertiary/aromatic N) is 1. The summed E-state index contributed by atoms with van der Waals surface area (Å²) in [5.74, 6) is 0.133. The fourth-order valence-corrected chi connectivity index (χ4v) is 1.94. The zero-order valence-electron chi connectivity index (χ0n) is 11.8. The van der Waals surface area contributed by atoms with Crippen LogP contribution in [0.5, 0.6) is 0 Å². The molecule has 2 rings (SSSR count). The number of Topliss-reactive ketones (excluding diaryl/α,β-unsaturated/α-hetero) is 1. The van der Waals surface area contributed by atoms with Crippen molar-refractivity contribution in [3.8, 4) is 0 Å². The summed E-state index contributed by atoms with van der Waals surface area (Å²) in [5, 5.41) is 0. The number of ketones is 1. The molecule has 0 radical (unpaired) electrons. The lowest BCUT2D eigenvalue weighted by molar-refractivity contribution is -0.683. The second-order valence-electron chi connectivity index (χ2n) is 5.80. The molecule has 2 aromatic rings.